The van der Waals surface area contributed by atoms with Gasteiger partial charge >= 0.3 is 6.18 Å². The molecule has 0 aliphatic carbocycles. The molecule has 1 aromatic carbocycles. The minimum absolute atomic E-state index is 0.149. The van der Waals surface area contributed by atoms with Crippen LogP contribution in [0.3, 0.4) is 0 Å². The third-order valence-corrected chi connectivity index (χ3v) is 5.55. The lowest BCUT2D eigenvalue weighted by Crippen LogP contribution is -2.41. The van der Waals surface area contributed by atoms with Crippen LogP contribution in [0, 0.1) is 6.92 Å². The van der Waals surface area contributed by atoms with Gasteiger partial charge in [-0.2, -0.15) is 13.2 Å². The van der Waals surface area contributed by atoms with Crippen LogP contribution >= 0.6 is 0 Å². The van der Waals surface area contributed by atoms with Crippen LogP contribution < -0.4 is 10.5 Å². The van der Waals surface area contributed by atoms with Crippen molar-refractivity contribution < 1.29 is 26.7 Å². The van der Waals surface area contributed by atoms with E-state index in [4.69, 9.17) is 5.73 Å². The van der Waals surface area contributed by atoms with Crippen molar-refractivity contribution in [1.82, 2.24) is 15.1 Å². The summed E-state index contributed by atoms with van der Waals surface area (Å²) in [4.78, 5) is 2.35. The number of β-amino-alcohol motifs (C(OH)–C–C–N with tert-alkyl or cyclic N) is 1. The quantitative estimate of drug-likeness (QED) is 0.569. The number of aliphatic hydroxyl groups is 1. The number of nitrogens with zero attached hydrogens (tertiary/aromatic N) is 3. The summed E-state index contributed by atoms with van der Waals surface area (Å²) in [6, 6.07) is 4.20. The Balaban J connectivity index is 0.000000310. The van der Waals surface area contributed by atoms with Crippen LogP contribution in [0.4, 0.5) is 24.7 Å². The minimum Gasteiger partial charge on any atom is -0.389 e. The van der Waals surface area contributed by atoms with E-state index in [-0.39, 0.29) is 22.8 Å². The van der Waals surface area contributed by atoms with Crippen molar-refractivity contribution in [2.45, 2.75) is 51.8 Å². The molecule has 0 amide bonds. The highest BCUT2D eigenvalue weighted by Crippen LogP contribution is 2.36. The molecule has 0 atom stereocenters. The van der Waals surface area contributed by atoms with E-state index >= 15 is 0 Å². The molecular formula is C22H32F3N5O3S. The largest absolute Gasteiger partial charge is 0.416 e. The van der Waals surface area contributed by atoms with Crippen LogP contribution in [0.15, 0.2) is 24.3 Å². The van der Waals surface area contributed by atoms with E-state index in [1.807, 2.05) is 13.8 Å². The zero-order chi connectivity index (χ0) is 25.7. The first-order valence-electron chi connectivity index (χ1n) is 10.8. The molecule has 4 N–H and O–H groups in total. The normalized spacial score (nSPS) is 15.4. The summed E-state index contributed by atoms with van der Waals surface area (Å²) in [7, 11) is -3.78. The fraction of sp³-hybridized carbons (Fsp3) is 0.545. The number of benzene rings is 1. The summed E-state index contributed by atoms with van der Waals surface area (Å²) < 4.78 is 63.5. The Bertz CT molecular complexity index is 1080. The van der Waals surface area contributed by atoms with Gasteiger partial charge < -0.3 is 15.7 Å². The Morgan fingerprint density at radius 3 is 2.24 bits per heavy atom. The molecule has 2 heterocycles. The first-order chi connectivity index (χ1) is 15.5. The molecule has 0 unspecified atom stereocenters. The summed E-state index contributed by atoms with van der Waals surface area (Å²) >= 11 is 0. The summed E-state index contributed by atoms with van der Waals surface area (Å²) in [6.07, 6.45) is 0.210. The standard InChI is InChI=1S/C13H13F3N4O2S.C9H19NO/c1-7-5-11(17)18-19-12(7)9-4-3-8(13(14,15)16)6-10(9)20-23(2,21)22;1-9(2,11)8-10-6-4-3-5-7-10/h3-6,20H,1-2H3,(H2,17,18);11H,3-8H2,1-2H3. The summed E-state index contributed by atoms with van der Waals surface area (Å²) in [5, 5.41) is 17.0. The molecule has 1 aliphatic heterocycles. The number of aryl methyl sites for hydroxylation is 1. The third kappa shape index (κ3) is 9.07. The summed E-state index contributed by atoms with van der Waals surface area (Å²) in [6.45, 7) is 8.56. The van der Waals surface area contributed by atoms with Gasteiger partial charge in [-0.05, 0) is 70.5 Å². The molecule has 1 aliphatic rings. The van der Waals surface area contributed by atoms with Gasteiger partial charge in [0.1, 0.15) is 5.82 Å². The second-order valence-electron chi connectivity index (χ2n) is 9.08. The predicted octanol–water partition coefficient (Wildman–Crippen LogP) is 3.67. The summed E-state index contributed by atoms with van der Waals surface area (Å²) in [5.41, 5.74) is 4.73. The molecule has 0 saturated carbocycles. The first-order valence-corrected chi connectivity index (χ1v) is 12.7. The number of sulfonamides is 1. The number of likely N-dealkylation sites (tertiary alicyclic amines) is 1. The predicted molar refractivity (Wildman–Crippen MR) is 127 cm³/mol. The van der Waals surface area contributed by atoms with Gasteiger partial charge in [0.05, 0.1) is 28.8 Å². The van der Waals surface area contributed by atoms with Gasteiger partial charge in [-0.25, -0.2) is 8.42 Å². The van der Waals surface area contributed by atoms with E-state index in [0.29, 0.717) is 11.6 Å². The van der Waals surface area contributed by atoms with Gasteiger partial charge in [0.25, 0.3) is 0 Å². The highest BCUT2D eigenvalue weighted by molar-refractivity contribution is 7.92. The number of nitrogens with two attached hydrogens (primary N) is 1. The van der Waals surface area contributed by atoms with Crippen LogP contribution in [0.1, 0.15) is 44.2 Å². The van der Waals surface area contributed by atoms with Crippen molar-refractivity contribution in [2.75, 3.05) is 36.3 Å². The van der Waals surface area contributed by atoms with Gasteiger partial charge in [-0.1, -0.05) is 12.5 Å². The van der Waals surface area contributed by atoms with E-state index in [1.165, 1.54) is 38.4 Å². The van der Waals surface area contributed by atoms with Gasteiger partial charge in [0.2, 0.25) is 10.0 Å². The van der Waals surface area contributed by atoms with Gasteiger partial charge in [0, 0.05) is 12.1 Å². The number of alkyl halides is 3. The molecule has 1 aromatic heterocycles. The molecule has 34 heavy (non-hydrogen) atoms. The third-order valence-electron chi connectivity index (χ3n) is 4.96. The lowest BCUT2D eigenvalue weighted by atomic mass is 10.0. The number of hydrogen-bond donors (Lipinski definition) is 3. The maximum Gasteiger partial charge on any atom is 0.416 e. The van der Waals surface area contributed by atoms with Crippen LogP contribution in [-0.4, -0.2) is 60.1 Å². The van der Waals surface area contributed by atoms with Gasteiger partial charge in [0.15, 0.2) is 0 Å². The van der Waals surface area contributed by atoms with Crippen molar-refractivity contribution in [3.05, 3.63) is 35.4 Å². The van der Waals surface area contributed by atoms with Crippen LogP contribution in [0.2, 0.25) is 0 Å². The fourth-order valence-corrected chi connectivity index (χ4v) is 4.22. The molecule has 0 bridgehead atoms. The summed E-state index contributed by atoms with van der Waals surface area (Å²) in [5.74, 6) is 0.149. The Labute approximate surface area is 198 Å². The van der Waals surface area contributed by atoms with Crippen molar-refractivity contribution in [1.29, 1.82) is 0 Å². The van der Waals surface area contributed by atoms with E-state index in [0.717, 1.165) is 24.9 Å². The van der Waals surface area contributed by atoms with E-state index in [9.17, 15) is 26.7 Å². The Hall–Kier alpha value is -2.44. The first kappa shape index (κ1) is 27.8. The molecule has 190 valence electrons. The average Bonchev–Trinajstić information content (AvgIpc) is 2.66. The maximum absolute atomic E-state index is 12.8. The molecule has 2 aromatic rings. The van der Waals surface area contributed by atoms with Crippen molar-refractivity contribution in [3.8, 4) is 11.3 Å². The van der Waals surface area contributed by atoms with E-state index in [2.05, 4.69) is 19.8 Å². The number of aromatic nitrogens is 2. The van der Waals surface area contributed by atoms with Gasteiger partial charge in [-0.3, -0.25) is 4.72 Å². The molecule has 1 saturated heterocycles. The highest BCUT2D eigenvalue weighted by atomic mass is 32.2. The maximum atomic E-state index is 12.8. The molecular weight excluding hydrogens is 471 g/mol. The fourth-order valence-electron chi connectivity index (χ4n) is 3.65. The van der Waals surface area contributed by atoms with Crippen LogP contribution in [-0.2, 0) is 16.2 Å². The lowest BCUT2D eigenvalue weighted by molar-refractivity contribution is -0.137. The van der Waals surface area contributed by atoms with Gasteiger partial charge in [-0.15, -0.1) is 10.2 Å². The SMILES string of the molecule is CC(C)(O)CN1CCCCC1.Cc1cc(N)nnc1-c1ccc(C(F)(F)F)cc1NS(C)(=O)=O. The average molecular weight is 504 g/mol. The van der Waals surface area contributed by atoms with Crippen LogP contribution in [0.25, 0.3) is 11.3 Å². The molecule has 3 rings (SSSR count). The van der Waals surface area contributed by atoms with E-state index in [1.54, 1.807) is 6.92 Å². The smallest absolute Gasteiger partial charge is 0.389 e. The number of hydrogen-bond acceptors (Lipinski definition) is 7. The molecule has 0 spiro atoms. The molecule has 8 nitrogen and oxygen atoms in total. The zero-order valence-corrected chi connectivity index (χ0v) is 20.6. The second-order valence-corrected chi connectivity index (χ2v) is 10.8. The number of anilines is 2. The Morgan fingerprint density at radius 2 is 1.74 bits per heavy atom. The highest BCUT2D eigenvalue weighted by Gasteiger charge is 2.31. The van der Waals surface area contributed by atoms with E-state index < -0.39 is 27.4 Å². The molecule has 1 fully saturated rings. The van der Waals surface area contributed by atoms with Crippen molar-refractivity contribution in [2.24, 2.45) is 0 Å². The topological polar surface area (TPSA) is 121 Å². The number of nitrogen functional groups attached to an aromatic ring is 1. The minimum atomic E-state index is -4.60. The Morgan fingerprint density at radius 1 is 1.12 bits per heavy atom. The number of halogens is 3. The molecule has 12 heteroatoms. The number of rotatable bonds is 5. The Kier molecular flexibility index (Phi) is 8.89. The van der Waals surface area contributed by atoms with Crippen molar-refractivity contribution >= 4 is 21.5 Å². The van der Waals surface area contributed by atoms with Crippen molar-refractivity contribution in [3.63, 3.8) is 0 Å². The van der Waals surface area contributed by atoms with Crippen LogP contribution in [0.5, 0.6) is 0 Å². The number of nitrogens with one attached hydrogen (secondary N) is 1. The second kappa shape index (κ2) is 10.9. The zero-order valence-electron chi connectivity index (χ0n) is 19.8. The lowest BCUT2D eigenvalue weighted by Gasteiger charge is -2.31. The monoisotopic (exact) mass is 503 g/mol. The molecule has 0 radical (unpaired) electrons. The number of piperidine rings is 1.